The van der Waals surface area contributed by atoms with E-state index in [1.807, 2.05) is 13.0 Å². The van der Waals surface area contributed by atoms with E-state index in [1.165, 1.54) is 7.11 Å². The molecule has 0 fully saturated rings. The molecule has 0 spiro atoms. The molecule has 0 aliphatic carbocycles. The third-order valence-corrected chi connectivity index (χ3v) is 4.12. The summed E-state index contributed by atoms with van der Waals surface area (Å²) >= 11 is 0. The molecule has 29 heavy (non-hydrogen) atoms. The van der Waals surface area contributed by atoms with Gasteiger partial charge in [-0.3, -0.25) is 9.59 Å². The molecule has 158 valence electrons. The van der Waals surface area contributed by atoms with Crippen LogP contribution in [0.4, 0.5) is 11.4 Å². The second kappa shape index (κ2) is 11.3. The van der Waals surface area contributed by atoms with E-state index in [0.29, 0.717) is 29.3 Å². The minimum absolute atomic E-state index is 0. The Kier molecular flexibility index (Phi) is 9.44. The lowest BCUT2D eigenvalue weighted by Gasteiger charge is -2.23. The highest BCUT2D eigenvalue weighted by molar-refractivity contribution is 5.98. The van der Waals surface area contributed by atoms with Gasteiger partial charge in [0.15, 0.2) is 18.1 Å². The van der Waals surface area contributed by atoms with E-state index in [-0.39, 0.29) is 30.8 Å². The fourth-order valence-corrected chi connectivity index (χ4v) is 2.66. The molecule has 0 aliphatic rings. The number of nitrogens with one attached hydrogen (secondary N) is 2. The van der Waals surface area contributed by atoms with Crippen LogP contribution in [0.2, 0.25) is 0 Å². The number of hydrogen-bond donors (Lipinski definition) is 3. The standard InChI is InChI=1S/C21H27N3O4.ClH/c1-4-12-21(2,22)20(26)24-16-9-7-8-15(13-16)23-19(25)14-28-18-11-6-5-10-17(18)27-3;/h5-11,13H,4,12,14,22H2,1-3H3,(H,23,25)(H,24,26);1H. The van der Waals surface area contributed by atoms with Gasteiger partial charge in [-0.15, -0.1) is 12.4 Å². The van der Waals surface area contributed by atoms with Crippen molar-refractivity contribution in [1.82, 2.24) is 0 Å². The van der Waals surface area contributed by atoms with Crippen LogP contribution in [0, 0.1) is 0 Å². The zero-order valence-corrected chi connectivity index (χ0v) is 17.7. The van der Waals surface area contributed by atoms with E-state index < -0.39 is 5.54 Å². The van der Waals surface area contributed by atoms with Gasteiger partial charge >= 0.3 is 0 Å². The van der Waals surface area contributed by atoms with Gasteiger partial charge in [0.1, 0.15) is 0 Å². The van der Waals surface area contributed by atoms with Gasteiger partial charge in [0.2, 0.25) is 5.91 Å². The number of anilines is 2. The van der Waals surface area contributed by atoms with E-state index in [9.17, 15) is 9.59 Å². The minimum Gasteiger partial charge on any atom is -0.493 e. The molecule has 2 rings (SSSR count). The van der Waals surface area contributed by atoms with Gasteiger partial charge in [-0.2, -0.15) is 0 Å². The maximum Gasteiger partial charge on any atom is 0.262 e. The quantitative estimate of drug-likeness (QED) is 0.574. The lowest BCUT2D eigenvalue weighted by atomic mass is 9.96. The number of rotatable bonds is 9. The Bertz CT molecular complexity index is 827. The smallest absolute Gasteiger partial charge is 0.262 e. The largest absolute Gasteiger partial charge is 0.493 e. The number of methoxy groups -OCH3 is 1. The molecule has 0 saturated carbocycles. The molecule has 0 aromatic heterocycles. The number of benzene rings is 2. The first-order valence-electron chi connectivity index (χ1n) is 9.12. The summed E-state index contributed by atoms with van der Waals surface area (Å²) in [6, 6.07) is 14.0. The third-order valence-electron chi connectivity index (χ3n) is 4.12. The molecule has 1 atom stereocenters. The molecule has 4 N–H and O–H groups in total. The molecule has 2 aromatic rings. The van der Waals surface area contributed by atoms with Gasteiger partial charge < -0.3 is 25.8 Å². The number of para-hydroxylation sites is 2. The van der Waals surface area contributed by atoms with Crippen LogP contribution in [0.25, 0.3) is 0 Å². The Morgan fingerprint density at radius 1 is 1.03 bits per heavy atom. The van der Waals surface area contributed by atoms with Crippen LogP contribution in [0.5, 0.6) is 11.5 Å². The summed E-state index contributed by atoms with van der Waals surface area (Å²) in [5.74, 6) is 0.442. The zero-order chi connectivity index (χ0) is 20.6. The summed E-state index contributed by atoms with van der Waals surface area (Å²) in [6.07, 6.45) is 1.39. The topological polar surface area (TPSA) is 103 Å². The van der Waals surface area contributed by atoms with E-state index in [2.05, 4.69) is 10.6 Å². The van der Waals surface area contributed by atoms with Crippen LogP contribution >= 0.6 is 12.4 Å². The Morgan fingerprint density at radius 3 is 2.28 bits per heavy atom. The van der Waals surface area contributed by atoms with Gasteiger partial charge in [-0.25, -0.2) is 0 Å². The van der Waals surface area contributed by atoms with Crippen LogP contribution in [-0.2, 0) is 9.59 Å². The second-order valence-electron chi connectivity index (χ2n) is 6.69. The SMILES string of the molecule is CCCC(C)(N)C(=O)Nc1cccc(NC(=O)COc2ccccc2OC)c1.Cl. The Hall–Kier alpha value is -2.77. The van der Waals surface area contributed by atoms with Gasteiger partial charge in [-0.05, 0) is 43.7 Å². The van der Waals surface area contributed by atoms with E-state index in [0.717, 1.165) is 6.42 Å². The zero-order valence-electron chi connectivity index (χ0n) is 16.9. The molecule has 2 amide bonds. The number of ether oxygens (including phenoxy) is 2. The maximum atomic E-state index is 12.3. The normalized spacial score (nSPS) is 12.1. The first-order valence-corrected chi connectivity index (χ1v) is 9.12. The summed E-state index contributed by atoms with van der Waals surface area (Å²) in [4.78, 5) is 24.5. The molecule has 1 unspecified atom stereocenters. The highest BCUT2D eigenvalue weighted by Gasteiger charge is 2.27. The molecule has 8 heteroatoms. The monoisotopic (exact) mass is 421 g/mol. The van der Waals surface area contributed by atoms with Crippen molar-refractivity contribution in [1.29, 1.82) is 0 Å². The Balaban J connectivity index is 0.00000420. The molecular weight excluding hydrogens is 394 g/mol. The van der Waals surface area contributed by atoms with Gasteiger partial charge in [-0.1, -0.05) is 31.5 Å². The Labute approximate surface area is 177 Å². The highest BCUT2D eigenvalue weighted by atomic mass is 35.5. The number of halogens is 1. The van der Waals surface area contributed by atoms with Crippen molar-refractivity contribution in [2.24, 2.45) is 5.73 Å². The fraction of sp³-hybridized carbons (Fsp3) is 0.333. The lowest BCUT2D eigenvalue weighted by molar-refractivity contribution is -0.121. The first kappa shape index (κ1) is 24.3. The van der Waals surface area contributed by atoms with Crippen molar-refractivity contribution in [2.75, 3.05) is 24.4 Å². The first-order chi connectivity index (χ1) is 13.4. The van der Waals surface area contributed by atoms with Gasteiger partial charge in [0.05, 0.1) is 12.6 Å². The molecule has 0 saturated heterocycles. The van der Waals surface area contributed by atoms with Crippen LogP contribution in [0.15, 0.2) is 48.5 Å². The van der Waals surface area contributed by atoms with Crippen molar-refractivity contribution in [2.45, 2.75) is 32.2 Å². The molecule has 0 aliphatic heterocycles. The number of hydrogen-bond acceptors (Lipinski definition) is 5. The molecule has 7 nitrogen and oxygen atoms in total. The van der Waals surface area contributed by atoms with Crippen molar-refractivity contribution in [3.63, 3.8) is 0 Å². The maximum absolute atomic E-state index is 12.3. The molecule has 0 radical (unpaired) electrons. The minimum atomic E-state index is -0.948. The molecule has 0 heterocycles. The van der Waals surface area contributed by atoms with E-state index in [4.69, 9.17) is 15.2 Å². The summed E-state index contributed by atoms with van der Waals surface area (Å²) < 4.78 is 10.7. The number of nitrogens with two attached hydrogens (primary N) is 1. The molecular formula is C21H28ClN3O4. The van der Waals surface area contributed by atoms with Crippen LogP contribution in [-0.4, -0.2) is 31.1 Å². The second-order valence-corrected chi connectivity index (χ2v) is 6.69. The predicted molar refractivity (Wildman–Crippen MR) is 117 cm³/mol. The third kappa shape index (κ3) is 7.29. The van der Waals surface area contributed by atoms with Crippen molar-refractivity contribution in [3.05, 3.63) is 48.5 Å². The van der Waals surface area contributed by atoms with Crippen molar-refractivity contribution >= 4 is 35.6 Å². The summed E-state index contributed by atoms with van der Waals surface area (Å²) in [5, 5.41) is 5.53. The average molecular weight is 422 g/mol. The summed E-state index contributed by atoms with van der Waals surface area (Å²) in [7, 11) is 1.54. The average Bonchev–Trinajstić information content (AvgIpc) is 2.66. The van der Waals surface area contributed by atoms with Crippen molar-refractivity contribution < 1.29 is 19.1 Å². The number of carbonyl (C=O) groups is 2. The highest BCUT2D eigenvalue weighted by Crippen LogP contribution is 2.25. The fourth-order valence-electron chi connectivity index (χ4n) is 2.66. The van der Waals surface area contributed by atoms with Gasteiger partial charge in [0, 0.05) is 11.4 Å². The number of amides is 2. The van der Waals surface area contributed by atoms with Crippen LogP contribution < -0.4 is 25.8 Å². The van der Waals surface area contributed by atoms with E-state index >= 15 is 0 Å². The molecule has 2 aromatic carbocycles. The van der Waals surface area contributed by atoms with Gasteiger partial charge in [0.25, 0.3) is 5.91 Å². The molecule has 0 bridgehead atoms. The van der Waals surface area contributed by atoms with Crippen LogP contribution in [0.3, 0.4) is 0 Å². The van der Waals surface area contributed by atoms with Crippen LogP contribution in [0.1, 0.15) is 26.7 Å². The van der Waals surface area contributed by atoms with E-state index in [1.54, 1.807) is 49.4 Å². The summed E-state index contributed by atoms with van der Waals surface area (Å²) in [5.41, 5.74) is 6.20. The van der Waals surface area contributed by atoms with Crippen molar-refractivity contribution in [3.8, 4) is 11.5 Å². The number of carbonyl (C=O) groups excluding carboxylic acids is 2. The summed E-state index contributed by atoms with van der Waals surface area (Å²) in [6.45, 7) is 3.50. The Morgan fingerprint density at radius 2 is 1.66 bits per heavy atom. The lowest BCUT2D eigenvalue weighted by Crippen LogP contribution is -2.48. The predicted octanol–water partition coefficient (Wildman–Crippen LogP) is 3.59.